The van der Waals surface area contributed by atoms with Gasteiger partial charge in [-0.1, -0.05) is 35.9 Å². The molecule has 0 unspecified atom stereocenters. The van der Waals surface area contributed by atoms with E-state index in [1.807, 2.05) is 61.7 Å². The molecule has 2 heterocycles. The van der Waals surface area contributed by atoms with Gasteiger partial charge in [0.15, 0.2) is 5.69 Å². The average Bonchev–Trinajstić information content (AvgIpc) is 3.28. The number of azo groups is 1. The second-order valence-corrected chi connectivity index (χ2v) is 8.01. The van der Waals surface area contributed by atoms with Crippen molar-refractivity contribution in [3.63, 3.8) is 0 Å². The van der Waals surface area contributed by atoms with Crippen LogP contribution in [0.15, 0.2) is 62.9 Å². The number of aromatic amines is 1. The van der Waals surface area contributed by atoms with E-state index >= 15 is 0 Å². The van der Waals surface area contributed by atoms with Gasteiger partial charge in [0.25, 0.3) is 0 Å². The highest BCUT2D eigenvalue weighted by Gasteiger charge is 2.15. The molecule has 0 aliphatic rings. The van der Waals surface area contributed by atoms with Crippen molar-refractivity contribution in [3.8, 4) is 16.4 Å². The molecule has 29 heavy (non-hydrogen) atoms. The number of nitrogens with one attached hydrogen (secondary N) is 1. The molecule has 0 fully saturated rings. The van der Waals surface area contributed by atoms with Gasteiger partial charge in [0.1, 0.15) is 0 Å². The Morgan fingerprint density at radius 2 is 1.83 bits per heavy atom. The third-order valence-corrected chi connectivity index (χ3v) is 5.56. The minimum absolute atomic E-state index is 0.272. The zero-order valence-corrected chi connectivity index (χ0v) is 17.7. The molecule has 0 bridgehead atoms. The second-order valence-electron chi connectivity index (χ2n) is 6.74. The van der Waals surface area contributed by atoms with E-state index in [9.17, 15) is 4.79 Å². The molecule has 0 atom stereocenters. The van der Waals surface area contributed by atoms with Crippen LogP contribution in [0.2, 0.25) is 5.02 Å². The maximum Gasteiger partial charge on any atom is 0.301 e. The number of nitrogens with zero attached hydrogens (tertiary/aromatic N) is 4. The van der Waals surface area contributed by atoms with Gasteiger partial charge in [-0.15, -0.1) is 16.5 Å². The van der Waals surface area contributed by atoms with Gasteiger partial charge in [-0.25, -0.2) is 4.98 Å². The predicted octanol–water partition coefficient (Wildman–Crippen LogP) is 6.28. The zero-order valence-electron chi connectivity index (χ0n) is 16.1. The second kappa shape index (κ2) is 7.77. The summed E-state index contributed by atoms with van der Waals surface area (Å²) in [4.78, 5) is 17.5. The first-order valence-corrected chi connectivity index (χ1v) is 10.2. The Morgan fingerprint density at radius 1 is 1.07 bits per heavy atom. The summed E-state index contributed by atoms with van der Waals surface area (Å²) in [6, 6.07) is 13.4. The minimum Gasteiger partial charge on any atom is -0.291 e. The Bertz CT molecular complexity index is 1270. The summed E-state index contributed by atoms with van der Waals surface area (Å²) >= 11 is 7.32. The first-order valence-electron chi connectivity index (χ1n) is 8.95. The highest BCUT2D eigenvalue weighted by Crippen LogP contribution is 2.26. The van der Waals surface area contributed by atoms with E-state index in [-0.39, 0.29) is 11.2 Å². The Hall–Kier alpha value is -3.03. The standard InChI is InChI=1S/C21H18ClN5OS/c1-12-4-5-13(2)17(10-12)24-25-19-14(3)26-27(20(19)28)21-23-18(11-29-21)15-6-8-16(22)9-7-15/h4-11,26H,1-3H3. The van der Waals surface area contributed by atoms with Crippen molar-refractivity contribution < 1.29 is 0 Å². The van der Waals surface area contributed by atoms with E-state index in [2.05, 4.69) is 20.3 Å². The molecule has 0 radical (unpaired) electrons. The quantitative estimate of drug-likeness (QED) is 0.392. The molecule has 0 amide bonds. The van der Waals surface area contributed by atoms with Gasteiger partial charge in [0.05, 0.1) is 17.1 Å². The lowest BCUT2D eigenvalue weighted by Gasteiger charge is -1.99. The Labute approximate surface area is 176 Å². The molecule has 2 aromatic carbocycles. The summed E-state index contributed by atoms with van der Waals surface area (Å²) < 4.78 is 1.40. The lowest BCUT2D eigenvalue weighted by Crippen LogP contribution is -2.13. The van der Waals surface area contributed by atoms with E-state index in [4.69, 9.17) is 11.6 Å². The van der Waals surface area contributed by atoms with Crippen LogP contribution < -0.4 is 5.56 Å². The molecule has 4 rings (SSSR count). The SMILES string of the molecule is Cc1ccc(C)c(N=Nc2c(C)[nH]n(-c3nc(-c4ccc(Cl)cc4)cs3)c2=O)c1. The van der Waals surface area contributed by atoms with Crippen LogP contribution >= 0.6 is 22.9 Å². The van der Waals surface area contributed by atoms with Gasteiger partial charge in [-0.3, -0.25) is 9.89 Å². The molecule has 146 valence electrons. The summed E-state index contributed by atoms with van der Waals surface area (Å²) in [6.45, 7) is 5.75. The summed E-state index contributed by atoms with van der Waals surface area (Å²) in [6.07, 6.45) is 0. The van der Waals surface area contributed by atoms with Crippen LogP contribution in [0, 0.1) is 20.8 Å². The first-order chi connectivity index (χ1) is 13.9. The number of aryl methyl sites for hydroxylation is 3. The predicted molar refractivity (Wildman–Crippen MR) is 117 cm³/mol. The molecule has 0 spiro atoms. The van der Waals surface area contributed by atoms with Crippen LogP contribution in [0.3, 0.4) is 0 Å². The number of H-pyrrole nitrogens is 1. The number of hydrogen-bond acceptors (Lipinski definition) is 5. The molecule has 0 saturated carbocycles. The van der Waals surface area contributed by atoms with Crippen LogP contribution in [-0.4, -0.2) is 14.8 Å². The lowest BCUT2D eigenvalue weighted by atomic mass is 10.1. The van der Waals surface area contributed by atoms with Gasteiger partial charge < -0.3 is 0 Å². The van der Waals surface area contributed by atoms with E-state index in [1.165, 1.54) is 16.0 Å². The molecular weight excluding hydrogens is 406 g/mol. The number of benzene rings is 2. The minimum atomic E-state index is -0.284. The van der Waals surface area contributed by atoms with Gasteiger partial charge >= 0.3 is 5.56 Å². The summed E-state index contributed by atoms with van der Waals surface area (Å²) in [5, 5.41) is 14.7. The molecule has 8 heteroatoms. The summed E-state index contributed by atoms with van der Waals surface area (Å²) in [5.41, 5.74) is 5.17. The Kier molecular flexibility index (Phi) is 5.17. The van der Waals surface area contributed by atoms with Crippen LogP contribution in [0.1, 0.15) is 16.8 Å². The number of rotatable bonds is 4. The number of halogens is 1. The molecule has 2 aromatic heterocycles. The highest BCUT2D eigenvalue weighted by molar-refractivity contribution is 7.12. The van der Waals surface area contributed by atoms with Crippen LogP contribution in [0.4, 0.5) is 11.4 Å². The summed E-state index contributed by atoms with van der Waals surface area (Å²) in [7, 11) is 0. The smallest absolute Gasteiger partial charge is 0.291 e. The van der Waals surface area contributed by atoms with Crippen molar-refractivity contribution >= 4 is 34.3 Å². The van der Waals surface area contributed by atoms with Gasteiger partial charge in [-0.05, 0) is 50.1 Å². The van der Waals surface area contributed by atoms with Crippen LogP contribution in [0.25, 0.3) is 16.4 Å². The molecule has 6 nitrogen and oxygen atoms in total. The van der Waals surface area contributed by atoms with E-state index < -0.39 is 0 Å². The fourth-order valence-corrected chi connectivity index (χ4v) is 3.76. The monoisotopic (exact) mass is 423 g/mol. The maximum absolute atomic E-state index is 12.9. The van der Waals surface area contributed by atoms with Gasteiger partial charge in [-0.2, -0.15) is 9.80 Å². The molecular formula is C21H18ClN5OS. The molecule has 0 saturated heterocycles. The fraction of sp³-hybridized carbons (Fsp3) is 0.143. The lowest BCUT2D eigenvalue weighted by molar-refractivity contribution is 0.827. The number of aromatic nitrogens is 3. The third-order valence-electron chi connectivity index (χ3n) is 4.49. The van der Waals surface area contributed by atoms with E-state index in [0.29, 0.717) is 15.8 Å². The molecule has 0 aliphatic carbocycles. The fourth-order valence-electron chi connectivity index (χ4n) is 2.84. The Morgan fingerprint density at radius 3 is 2.59 bits per heavy atom. The van der Waals surface area contributed by atoms with Crippen molar-refractivity contribution in [2.75, 3.05) is 0 Å². The highest BCUT2D eigenvalue weighted by atomic mass is 35.5. The van der Waals surface area contributed by atoms with Gasteiger partial charge in [0.2, 0.25) is 5.13 Å². The maximum atomic E-state index is 12.9. The third kappa shape index (κ3) is 3.92. The van der Waals surface area contributed by atoms with Crippen molar-refractivity contribution in [3.05, 3.63) is 80.0 Å². The number of hydrogen-bond donors (Lipinski definition) is 1. The average molecular weight is 424 g/mol. The first kappa shape index (κ1) is 19.3. The summed E-state index contributed by atoms with van der Waals surface area (Å²) in [5.74, 6) is 0. The van der Waals surface area contributed by atoms with Crippen molar-refractivity contribution in [2.24, 2.45) is 10.2 Å². The Balaban J connectivity index is 1.67. The zero-order chi connectivity index (χ0) is 20.5. The molecule has 4 aromatic rings. The van der Waals surface area contributed by atoms with Gasteiger partial charge in [0, 0.05) is 16.0 Å². The van der Waals surface area contributed by atoms with Crippen molar-refractivity contribution in [1.29, 1.82) is 0 Å². The molecule has 0 aliphatic heterocycles. The van der Waals surface area contributed by atoms with Crippen LogP contribution in [0.5, 0.6) is 0 Å². The number of thiazole rings is 1. The molecule has 1 N–H and O–H groups in total. The van der Waals surface area contributed by atoms with E-state index in [0.717, 1.165) is 28.1 Å². The largest absolute Gasteiger partial charge is 0.301 e. The van der Waals surface area contributed by atoms with Crippen LogP contribution in [-0.2, 0) is 0 Å². The normalized spacial score (nSPS) is 11.4. The van der Waals surface area contributed by atoms with Crippen molar-refractivity contribution in [2.45, 2.75) is 20.8 Å². The topological polar surface area (TPSA) is 75.4 Å². The van der Waals surface area contributed by atoms with E-state index in [1.54, 1.807) is 6.92 Å². The van der Waals surface area contributed by atoms with Crippen molar-refractivity contribution in [1.82, 2.24) is 14.8 Å².